The number of hydrogen-bond acceptors (Lipinski definition) is 2. The number of nitrogens with one attached hydrogen (secondary N) is 1. The third kappa shape index (κ3) is 0.775. The Morgan fingerprint density at radius 2 is 1.27 bits per heavy atom. The summed E-state index contributed by atoms with van der Waals surface area (Å²) < 4.78 is 0. The molecule has 2 aliphatic rings. The quantitative estimate of drug-likeness (QED) is 0.655. The Balaban J connectivity index is 2.15. The van der Waals surface area contributed by atoms with Crippen molar-refractivity contribution in [1.82, 2.24) is 5.48 Å². The third-order valence-corrected chi connectivity index (χ3v) is 3.21. The van der Waals surface area contributed by atoms with Gasteiger partial charge in [-0.15, -0.1) is 0 Å². The van der Waals surface area contributed by atoms with Crippen LogP contribution in [0.3, 0.4) is 0 Å². The zero-order valence-corrected chi connectivity index (χ0v) is 8.03. The minimum Gasteiger partial charge on any atom is -0.264 e. The predicted octanol–water partition coefficient (Wildman–Crippen LogP) is 2.40. The second kappa shape index (κ2) is 2.30. The summed E-state index contributed by atoms with van der Waals surface area (Å²) in [5, 5.41) is 0. The summed E-state index contributed by atoms with van der Waals surface area (Å²) in [6.45, 7) is 0. The first kappa shape index (κ1) is 7.63. The van der Waals surface area contributed by atoms with Crippen LogP contribution >= 0.6 is 0 Å². The van der Waals surface area contributed by atoms with Crippen LogP contribution in [-0.2, 0) is 10.6 Å². The predicted molar refractivity (Wildman–Crippen MR) is 56.9 cm³/mol. The highest BCUT2D eigenvalue weighted by Crippen LogP contribution is 2.52. The molecule has 1 heterocycles. The zero-order valence-electron chi connectivity index (χ0n) is 8.03. The summed E-state index contributed by atoms with van der Waals surface area (Å²) in [4.78, 5) is 5.46. The average molecular weight is 195 g/mol. The van der Waals surface area contributed by atoms with E-state index in [0.29, 0.717) is 0 Å². The number of hydroxylamine groups is 1. The normalized spacial score (nSPS) is 18.7. The summed E-state index contributed by atoms with van der Waals surface area (Å²) >= 11 is 0. The zero-order chi connectivity index (χ0) is 9.88. The van der Waals surface area contributed by atoms with Gasteiger partial charge >= 0.3 is 0 Å². The minimum absolute atomic E-state index is 0.340. The average Bonchev–Trinajstić information content (AvgIpc) is 3.05. The maximum Gasteiger partial charge on any atom is 0.214 e. The molecule has 2 nitrogen and oxygen atoms in total. The molecule has 0 atom stereocenters. The molecule has 1 saturated heterocycles. The molecule has 1 aliphatic carbocycles. The van der Waals surface area contributed by atoms with Crippen LogP contribution < -0.4 is 5.48 Å². The fraction of sp³-hybridized carbons (Fsp3) is 0.0769. The molecule has 72 valence electrons. The van der Waals surface area contributed by atoms with Gasteiger partial charge in [0, 0.05) is 11.1 Å². The maximum absolute atomic E-state index is 5.46. The number of rotatable bonds is 0. The molecule has 4 rings (SSSR count). The van der Waals surface area contributed by atoms with Gasteiger partial charge in [-0.3, -0.25) is 4.84 Å². The second-order valence-electron chi connectivity index (χ2n) is 3.98. The third-order valence-electron chi connectivity index (χ3n) is 3.21. The summed E-state index contributed by atoms with van der Waals surface area (Å²) in [6, 6.07) is 16.8. The van der Waals surface area contributed by atoms with Gasteiger partial charge in [0.25, 0.3) is 0 Å². The first-order valence-corrected chi connectivity index (χ1v) is 5.06. The van der Waals surface area contributed by atoms with Crippen molar-refractivity contribution < 1.29 is 4.84 Å². The molecule has 1 spiro atoms. The molecule has 0 amide bonds. The van der Waals surface area contributed by atoms with E-state index in [0.717, 1.165) is 0 Å². The molecule has 1 N–H and O–H groups in total. The Labute approximate surface area is 87.5 Å². The van der Waals surface area contributed by atoms with Crippen LogP contribution in [0.4, 0.5) is 0 Å². The van der Waals surface area contributed by atoms with Gasteiger partial charge in [-0.2, -0.15) is 5.48 Å². The molecule has 0 aromatic heterocycles. The molecular weight excluding hydrogens is 186 g/mol. The highest BCUT2D eigenvalue weighted by atomic mass is 16.8. The van der Waals surface area contributed by atoms with E-state index in [9.17, 15) is 0 Å². The molecule has 15 heavy (non-hydrogen) atoms. The first-order valence-electron chi connectivity index (χ1n) is 5.06. The highest BCUT2D eigenvalue weighted by molar-refractivity contribution is 5.80. The molecule has 2 aromatic carbocycles. The number of hydrogen-bond donors (Lipinski definition) is 1. The smallest absolute Gasteiger partial charge is 0.214 e. The Morgan fingerprint density at radius 3 is 1.73 bits per heavy atom. The molecule has 2 aromatic rings. The van der Waals surface area contributed by atoms with Crippen LogP contribution in [-0.4, -0.2) is 0 Å². The topological polar surface area (TPSA) is 34.5 Å². The van der Waals surface area contributed by atoms with E-state index in [-0.39, 0.29) is 5.72 Å². The molecule has 0 radical (unpaired) electrons. The SMILES string of the molecule is c1ccc2c(c1)-c1ccccc1C21NO1. The first-order chi connectivity index (χ1) is 7.42. The molecule has 0 saturated carbocycles. The van der Waals surface area contributed by atoms with Gasteiger partial charge < -0.3 is 0 Å². The van der Waals surface area contributed by atoms with Crippen molar-refractivity contribution >= 4 is 0 Å². The largest absolute Gasteiger partial charge is 0.264 e. The van der Waals surface area contributed by atoms with E-state index >= 15 is 0 Å². The van der Waals surface area contributed by atoms with E-state index in [1.54, 1.807) is 0 Å². The number of benzene rings is 2. The van der Waals surface area contributed by atoms with Crippen molar-refractivity contribution in [3.63, 3.8) is 0 Å². The van der Waals surface area contributed by atoms with Gasteiger partial charge in [0.2, 0.25) is 5.72 Å². The lowest BCUT2D eigenvalue weighted by molar-refractivity contribution is 0.330. The molecule has 1 fully saturated rings. The lowest BCUT2D eigenvalue weighted by Crippen LogP contribution is -2.09. The van der Waals surface area contributed by atoms with E-state index in [1.165, 1.54) is 22.3 Å². The molecule has 2 heteroatoms. The lowest BCUT2D eigenvalue weighted by atomic mass is 10.0. The van der Waals surface area contributed by atoms with Gasteiger partial charge in [-0.05, 0) is 11.1 Å². The van der Waals surface area contributed by atoms with E-state index in [2.05, 4.69) is 54.0 Å². The Morgan fingerprint density at radius 1 is 0.800 bits per heavy atom. The van der Waals surface area contributed by atoms with Crippen molar-refractivity contribution in [2.75, 3.05) is 0 Å². The molecule has 0 bridgehead atoms. The standard InChI is InChI=1S/C13H9NO/c1-3-7-11-9(5-1)10-6-2-4-8-12(10)13(11)14-15-13/h1-8,14H. The van der Waals surface area contributed by atoms with Crippen LogP contribution in [0.25, 0.3) is 11.1 Å². The van der Waals surface area contributed by atoms with Crippen molar-refractivity contribution in [3.05, 3.63) is 59.7 Å². The molecular formula is C13H9NO. The highest BCUT2D eigenvalue weighted by Gasteiger charge is 2.55. The van der Waals surface area contributed by atoms with Crippen LogP contribution in [0.5, 0.6) is 0 Å². The van der Waals surface area contributed by atoms with Crippen molar-refractivity contribution in [3.8, 4) is 11.1 Å². The van der Waals surface area contributed by atoms with E-state index < -0.39 is 0 Å². The van der Waals surface area contributed by atoms with E-state index in [1.807, 2.05) is 0 Å². The summed E-state index contributed by atoms with van der Waals surface area (Å²) in [7, 11) is 0. The summed E-state index contributed by atoms with van der Waals surface area (Å²) in [6.07, 6.45) is 0. The monoisotopic (exact) mass is 195 g/mol. The van der Waals surface area contributed by atoms with Gasteiger partial charge in [-0.1, -0.05) is 48.5 Å². The van der Waals surface area contributed by atoms with E-state index in [4.69, 9.17) is 4.84 Å². The Bertz CT molecular complexity index is 510. The minimum atomic E-state index is -0.340. The fourth-order valence-electron chi connectivity index (χ4n) is 2.47. The van der Waals surface area contributed by atoms with Crippen LogP contribution in [0.2, 0.25) is 0 Å². The summed E-state index contributed by atoms with van der Waals surface area (Å²) in [5.74, 6) is 0. The van der Waals surface area contributed by atoms with Crippen LogP contribution in [0, 0.1) is 0 Å². The van der Waals surface area contributed by atoms with Crippen molar-refractivity contribution in [2.45, 2.75) is 5.72 Å². The fourth-order valence-corrected chi connectivity index (χ4v) is 2.47. The molecule has 1 aliphatic heterocycles. The van der Waals surface area contributed by atoms with Gasteiger partial charge in [0.05, 0.1) is 0 Å². The van der Waals surface area contributed by atoms with Gasteiger partial charge in [0.1, 0.15) is 0 Å². The van der Waals surface area contributed by atoms with Crippen LogP contribution in [0.1, 0.15) is 11.1 Å². The Kier molecular flexibility index (Phi) is 1.17. The summed E-state index contributed by atoms with van der Waals surface area (Å²) in [5.41, 5.74) is 7.69. The maximum atomic E-state index is 5.46. The number of fused-ring (bicyclic) bond motifs is 5. The van der Waals surface area contributed by atoms with Gasteiger partial charge in [0.15, 0.2) is 0 Å². The van der Waals surface area contributed by atoms with Crippen LogP contribution in [0.15, 0.2) is 48.5 Å². The molecule has 0 unspecified atom stereocenters. The Hall–Kier alpha value is -1.64. The van der Waals surface area contributed by atoms with Crippen molar-refractivity contribution in [2.24, 2.45) is 0 Å². The lowest BCUT2D eigenvalue weighted by Gasteiger charge is -2.02. The second-order valence-corrected chi connectivity index (χ2v) is 3.98. The van der Waals surface area contributed by atoms with Crippen molar-refractivity contribution in [1.29, 1.82) is 0 Å². The van der Waals surface area contributed by atoms with Gasteiger partial charge in [-0.25, -0.2) is 0 Å².